The number of nitrogens with zero attached hydrogens (tertiary/aromatic N) is 3. The van der Waals surface area contributed by atoms with Crippen molar-refractivity contribution in [3.63, 3.8) is 0 Å². The second kappa shape index (κ2) is 11.6. The normalized spacial score (nSPS) is 17.3. The van der Waals surface area contributed by atoms with Crippen LogP contribution in [-0.2, 0) is 14.4 Å². The van der Waals surface area contributed by atoms with Crippen LogP contribution < -0.4 is 10.2 Å². The predicted octanol–water partition coefficient (Wildman–Crippen LogP) is 4.87. The number of nitro benzene ring substituents is 1. The molecule has 10 nitrogen and oxygen atoms in total. The molecule has 0 saturated carbocycles. The van der Waals surface area contributed by atoms with E-state index in [2.05, 4.69) is 11.4 Å². The summed E-state index contributed by atoms with van der Waals surface area (Å²) in [5.74, 6) is -1.87. The van der Waals surface area contributed by atoms with E-state index in [9.17, 15) is 29.3 Å². The van der Waals surface area contributed by atoms with E-state index in [1.54, 1.807) is 24.3 Å². The zero-order chi connectivity index (χ0) is 27.4. The van der Waals surface area contributed by atoms with Crippen LogP contribution in [-0.4, -0.2) is 46.0 Å². The maximum absolute atomic E-state index is 13.7. The lowest BCUT2D eigenvalue weighted by Crippen LogP contribution is -2.46. The number of imide groups is 1. The Morgan fingerprint density at radius 1 is 1.16 bits per heavy atom. The standard InChI is InChI=1S/C27H27ClN4O6/c1-17(33)29-20-8-10-21(11-9-20)31-25(34)16-24(27(31)36)30(14-13-18-5-3-2-4-6-18)26(35)19-7-12-22(28)23(15-19)32(37)38/h5,7-12,15,24H,2-4,6,13-14,16H2,1H3,(H,29,33). The van der Waals surface area contributed by atoms with Gasteiger partial charge in [0, 0.05) is 30.8 Å². The zero-order valence-electron chi connectivity index (χ0n) is 20.8. The summed E-state index contributed by atoms with van der Waals surface area (Å²) in [5.41, 5.74) is 1.61. The van der Waals surface area contributed by atoms with Crippen molar-refractivity contribution in [3.05, 3.63) is 74.8 Å². The quantitative estimate of drug-likeness (QED) is 0.221. The van der Waals surface area contributed by atoms with Crippen LogP contribution in [0, 0.1) is 10.1 Å². The smallest absolute Gasteiger partial charge is 0.288 e. The van der Waals surface area contributed by atoms with Gasteiger partial charge in [0.1, 0.15) is 11.1 Å². The minimum Gasteiger partial charge on any atom is -0.326 e. The van der Waals surface area contributed by atoms with E-state index >= 15 is 0 Å². The molecule has 1 saturated heterocycles. The number of halogens is 1. The van der Waals surface area contributed by atoms with Gasteiger partial charge in [0.2, 0.25) is 11.8 Å². The van der Waals surface area contributed by atoms with Gasteiger partial charge < -0.3 is 10.2 Å². The first-order valence-corrected chi connectivity index (χ1v) is 12.7. The number of carbonyl (C=O) groups excluding carboxylic acids is 4. The summed E-state index contributed by atoms with van der Waals surface area (Å²) in [6.07, 6.45) is 6.47. The number of rotatable bonds is 8. The van der Waals surface area contributed by atoms with Crippen LogP contribution in [0.3, 0.4) is 0 Å². The van der Waals surface area contributed by atoms with Gasteiger partial charge >= 0.3 is 0 Å². The summed E-state index contributed by atoms with van der Waals surface area (Å²) >= 11 is 5.93. The summed E-state index contributed by atoms with van der Waals surface area (Å²) in [5, 5.41) is 13.9. The fraction of sp³-hybridized carbons (Fsp3) is 0.333. The summed E-state index contributed by atoms with van der Waals surface area (Å²) in [6, 6.07) is 8.94. The number of hydrogen-bond acceptors (Lipinski definition) is 6. The topological polar surface area (TPSA) is 130 Å². The molecular weight excluding hydrogens is 512 g/mol. The zero-order valence-corrected chi connectivity index (χ0v) is 21.6. The Labute approximate surface area is 224 Å². The van der Waals surface area contributed by atoms with Crippen LogP contribution in [0.2, 0.25) is 5.02 Å². The lowest BCUT2D eigenvalue weighted by Gasteiger charge is -2.28. The van der Waals surface area contributed by atoms with Crippen molar-refractivity contribution in [2.75, 3.05) is 16.8 Å². The molecule has 11 heteroatoms. The highest BCUT2D eigenvalue weighted by Gasteiger charge is 2.44. The number of nitrogens with one attached hydrogen (secondary N) is 1. The molecule has 4 rings (SSSR count). The van der Waals surface area contributed by atoms with Gasteiger partial charge in [0.15, 0.2) is 0 Å². The predicted molar refractivity (Wildman–Crippen MR) is 142 cm³/mol. The van der Waals surface area contributed by atoms with E-state index < -0.39 is 34.4 Å². The average Bonchev–Trinajstić information content (AvgIpc) is 3.18. The molecule has 1 atom stereocenters. The number of anilines is 2. The molecule has 0 spiro atoms. The van der Waals surface area contributed by atoms with Crippen molar-refractivity contribution in [2.45, 2.75) is 51.5 Å². The molecule has 38 heavy (non-hydrogen) atoms. The number of carbonyl (C=O) groups is 4. The van der Waals surface area contributed by atoms with Crippen molar-refractivity contribution in [1.29, 1.82) is 0 Å². The second-order valence-corrected chi connectivity index (χ2v) is 9.70. The first-order valence-electron chi connectivity index (χ1n) is 12.3. The van der Waals surface area contributed by atoms with E-state index in [1.165, 1.54) is 29.5 Å². The van der Waals surface area contributed by atoms with Gasteiger partial charge in [-0.2, -0.15) is 0 Å². The summed E-state index contributed by atoms with van der Waals surface area (Å²) < 4.78 is 0. The number of nitro groups is 1. The van der Waals surface area contributed by atoms with Crippen LogP contribution in [0.4, 0.5) is 17.1 Å². The van der Waals surface area contributed by atoms with Crippen LogP contribution >= 0.6 is 11.6 Å². The van der Waals surface area contributed by atoms with Gasteiger partial charge in [0.25, 0.3) is 17.5 Å². The molecule has 1 unspecified atom stereocenters. The first kappa shape index (κ1) is 27.0. The van der Waals surface area contributed by atoms with E-state index in [4.69, 9.17) is 11.6 Å². The lowest BCUT2D eigenvalue weighted by atomic mass is 9.96. The number of allylic oxidation sites excluding steroid dienone is 1. The van der Waals surface area contributed by atoms with Crippen molar-refractivity contribution in [3.8, 4) is 0 Å². The minimum atomic E-state index is -1.07. The first-order chi connectivity index (χ1) is 18.2. The SMILES string of the molecule is CC(=O)Nc1ccc(N2C(=O)CC(N(CCC3=CCCCC3)C(=O)c3ccc(Cl)c([N+](=O)[O-])c3)C2=O)cc1. The number of amides is 4. The van der Waals surface area contributed by atoms with Crippen molar-refractivity contribution in [1.82, 2.24) is 4.90 Å². The maximum atomic E-state index is 13.7. The fourth-order valence-electron chi connectivity index (χ4n) is 4.77. The Hall–Kier alpha value is -4.05. The second-order valence-electron chi connectivity index (χ2n) is 9.30. The van der Waals surface area contributed by atoms with Gasteiger partial charge in [-0.1, -0.05) is 23.3 Å². The van der Waals surface area contributed by atoms with Gasteiger partial charge in [-0.25, -0.2) is 4.90 Å². The Morgan fingerprint density at radius 2 is 1.89 bits per heavy atom. The number of benzene rings is 2. The molecule has 2 aromatic carbocycles. The maximum Gasteiger partial charge on any atom is 0.288 e. The molecule has 4 amide bonds. The monoisotopic (exact) mass is 538 g/mol. The molecule has 2 aromatic rings. The molecule has 2 aliphatic rings. The molecule has 1 aliphatic heterocycles. The molecule has 198 valence electrons. The summed E-state index contributed by atoms with van der Waals surface area (Å²) in [4.78, 5) is 64.6. The lowest BCUT2D eigenvalue weighted by molar-refractivity contribution is -0.384. The Morgan fingerprint density at radius 3 is 2.53 bits per heavy atom. The molecule has 1 aliphatic carbocycles. The van der Waals surface area contributed by atoms with Crippen molar-refractivity contribution < 1.29 is 24.1 Å². The molecule has 1 fully saturated rings. The largest absolute Gasteiger partial charge is 0.326 e. The molecular formula is C27H27ClN4O6. The number of hydrogen-bond donors (Lipinski definition) is 1. The van der Waals surface area contributed by atoms with Gasteiger partial charge in [-0.3, -0.25) is 29.3 Å². The Kier molecular flexibility index (Phi) is 8.21. The molecule has 1 N–H and O–H groups in total. The van der Waals surface area contributed by atoms with Crippen LogP contribution in [0.1, 0.15) is 55.8 Å². The van der Waals surface area contributed by atoms with E-state index in [1.807, 2.05) is 0 Å². The molecule has 0 radical (unpaired) electrons. The van der Waals surface area contributed by atoms with E-state index in [0.29, 0.717) is 17.8 Å². The molecule has 0 bridgehead atoms. The van der Waals surface area contributed by atoms with Crippen molar-refractivity contribution in [2.24, 2.45) is 0 Å². The van der Waals surface area contributed by atoms with E-state index in [-0.39, 0.29) is 29.5 Å². The van der Waals surface area contributed by atoms with Crippen LogP contribution in [0.15, 0.2) is 54.1 Å². The van der Waals surface area contributed by atoms with E-state index in [0.717, 1.165) is 36.6 Å². The van der Waals surface area contributed by atoms with Gasteiger partial charge in [-0.15, -0.1) is 0 Å². The fourth-order valence-corrected chi connectivity index (χ4v) is 4.96. The van der Waals surface area contributed by atoms with Crippen LogP contribution in [0.5, 0.6) is 0 Å². The third-order valence-electron chi connectivity index (χ3n) is 6.65. The third kappa shape index (κ3) is 5.91. The summed E-state index contributed by atoms with van der Waals surface area (Å²) in [6.45, 7) is 1.55. The third-order valence-corrected chi connectivity index (χ3v) is 6.97. The van der Waals surface area contributed by atoms with Crippen molar-refractivity contribution >= 4 is 52.3 Å². The van der Waals surface area contributed by atoms with Gasteiger partial charge in [0.05, 0.1) is 17.0 Å². The van der Waals surface area contributed by atoms with Crippen LogP contribution in [0.25, 0.3) is 0 Å². The average molecular weight is 539 g/mol. The van der Waals surface area contributed by atoms with Gasteiger partial charge in [-0.05, 0) is 68.5 Å². The molecule has 1 heterocycles. The highest BCUT2D eigenvalue weighted by atomic mass is 35.5. The summed E-state index contributed by atoms with van der Waals surface area (Å²) in [7, 11) is 0. The Bertz CT molecular complexity index is 1320. The minimum absolute atomic E-state index is 0.0112. The molecule has 0 aromatic heterocycles. The Balaban J connectivity index is 1.63. The highest BCUT2D eigenvalue weighted by molar-refractivity contribution is 6.32. The highest BCUT2D eigenvalue weighted by Crippen LogP contribution is 2.31.